The maximum atomic E-state index is 13.4. The van der Waals surface area contributed by atoms with E-state index >= 15 is 0 Å². The molecule has 4 rings (SSSR count). The van der Waals surface area contributed by atoms with Gasteiger partial charge in [0.25, 0.3) is 5.91 Å². The summed E-state index contributed by atoms with van der Waals surface area (Å²) in [5, 5.41) is 7.40. The van der Waals surface area contributed by atoms with E-state index in [4.69, 9.17) is 16.3 Å². The number of hydrogen-bond donors (Lipinski definition) is 2. The van der Waals surface area contributed by atoms with Crippen LogP contribution in [-0.2, 0) is 10.3 Å². The molecule has 2 aliphatic rings. The summed E-state index contributed by atoms with van der Waals surface area (Å²) in [7, 11) is 2.15. The third kappa shape index (κ3) is 4.61. The average Bonchev–Trinajstić information content (AvgIpc) is 3.18. The number of nitrogens with zero attached hydrogens (tertiary/aromatic N) is 2. The van der Waals surface area contributed by atoms with Crippen LogP contribution in [0.1, 0.15) is 41.6 Å². The van der Waals surface area contributed by atoms with Gasteiger partial charge in [-0.05, 0) is 69.1 Å². The van der Waals surface area contributed by atoms with E-state index < -0.39 is 5.54 Å². The topological polar surface area (TPSA) is 66.5 Å². The van der Waals surface area contributed by atoms with E-state index in [9.17, 15) is 4.79 Å². The summed E-state index contributed by atoms with van der Waals surface area (Å²) >= 11 is 6.09. The van der Waals surface area contributed by atoms with E-state index in [1.54, 1.807) is 12.3 Å². The highest BCUT2D eigenvalue weighted by atomic mass is 35.5. The second kappa shape index (κ2) is 9.33. The fraction of sp³-hybridized carbons (Fsp3) is 0.478. The first kappa shape index (κ1) is 21.1. The van der Waals surface area contributed by atoms with Crippen molar-refractivity contribution in [2.24, 2.45) is 0 Å². The number of likely N-dealkylation sites (tertiary alicyclic amines) is 1. The number of anilines is 1. The minimum atomic E-state index is -0.474. The Bertz CT molecular complexity index is 868. The van der Waals surface area contributed by atoms with Gasteiger partial charge in [0.15, 0.2) is 0 Å². The number of halogens is 1. The summed E-state index contributed by atoms with van der Waals surface area (Å²) in [6.45, 7) is 3.11. The fourth-order valence-corrected chi connectivity index (χ4v) is 4.57. The van der Waals surface area contributed by atoms with E-state index in [2.05, 4.69) is 27.6 Å². The van der Waals surface area contributed by atoms with Crippen molar-refractivity contribution >= 4 is 23.3 Å². The molecule has 1 aromatic heterocycles. The highest BCUT2D eigenvalue weighted by molar-refractivity contribution is 6.30. The van der Waals surface area contributed by atoms with Gasteiger partial charge in [0.05, 0.1) is 11.1 Å². The predicted molar refractivity (Wildman–Crippen MR) is 119 cm³/mol. The Kier molecular flexibility index (Phi) is 6.56. The molecular formula is C23H29ClN4O2. The van der Waals surface area contributed by atoms with Gasteiger partial charge >= 0.3 is 0 Å². The Morgan fingerprint density at radius 3 is 2.73 bits per heavy atom. The molecule has 0 spiro atoms. The molecule has 1 atom stereocenters. The van der Waals surface area contributed by atoms with Gasteiger partial charge in [-0.25, -0.2) is 4.98 Å². The van der Waals surface area contributed by atoms with Crippen LogP contribution in [0.25, 0.3) is 0 Å². The Labute approximate surface area is 183 Å². The van der Waals surface area contributed by atoms with Gasteiger partial charge < -0.3 is 20.3 Å². The molecule has 6 nitrogen and oxygen atoms in total. The fourth-order valence-electron chi connectivity index (χ4n) is 4.44. The number of pyridine rings is 1. The maximum Gasteiger partial charge on any atom is 0.255 e. The van der Waals surface area contributed by atoms with Gasteiger partial charge in [0.1, 0.15) is 5.82 Å². The molecule has 0 unspecified atom stereocenters. The molecule has 2 aliphatic heterocycles. The Hall–Kier alpha value is -2.15. The van der Waals surface area contributed by atoms with Crippen molar-refractivity contribution in [3.8, 4) is 0 Å². The lowest BCUT2D eigenvalue weighted by atomic mass is 9.82. The molecule has 1 aromatic carbocycles. The number of ether oxygens (including phenoxy) is 1. The van der Waals surface area contributed by atoms with Crippen LogP contribution in [-0.4, -0.2) is 55.2 Å². The molecule has 0 saturated carbocycles. The highest BCUT2D eigenvalue weighted by Gasteiger charge is 2.36. The Morgan fingerprint density at radius 2 is 2.03 bits per heavy atom. The van der Waals surface area contributed by atoms with Crippen molar-refractivity contribution in [3.63, 3.8) is 0 Å². The van der Waals surface area contributed by atoms with E-state index in [-0.39, 0.29) is 5.91 Å². The first-order valence-electron chi connectivity index (χ1n) is 10.6. The molecule has 2 fully saturated rings. The van der Waals surface area contributed by atoms with Gasteiger partial charge in [0.2, 0.25) is 0 Å². The van der Waals surface area contributed by atoms with Crippen LogP contribution in [0.15, 0.2) is 42.6 Å². The monoisotopic (exact) mass is 428 g/mol. The van der Waals surface area contributed by atoms with Crippen LogP contribution in [0.4, 0.5) is 5.82 Å². The van der Waals surface area contributed by atoms with Crippen molar-refractivity contribution < 1.29 is 9.53 Å². The zero-order valence-corrected chi connectivity index (χ0v) is 18.1. The summed E-state index contributed by atoms with van der Waals surface area (Å²) in [6, 6.07) is 11.8. The highest BCUT2D eigenvalue weighted by Crippen LogP contribution is 2.33. The van der Waals surface area contributed by atoms with Crippen LogP contribution in [0.5, 0.6) is 0 Å². The second-order valence-corrected chi connectivity index (χ2v) is 8.65. The van der Waals surface area contributed by atoms with Crippen molar-refractivity contribution in [1.82, 2.24) is 15.2 Å². The van der Waals surface area contributed by atoms with Crippen molar-refractivity contribution in [2.75, 3.05) is 38.7 Å². The average molecular weight is 429 g/mol. The summed E-state index contributed by atoms with van der Waals surface area (Å²) in [4.78, 5) is 20.2. The molecule has 0 aliphatic carbocycles. The lowest BCUT2D eigenvalue weighted by Gasteiger charge is -2.38. The molecule has 3 heterocycles. The van der Waals surface area contributed by atoms with Crippen molar-refractivity contribution in [2.45, 2.75) is 37.3 Å². The summed E-state index contributed by atoms with van der Waals surface area (Å²) in [6.07, 6.45) is 5.54. The molecule has 2 saturated heterocycles. The first-order chi connectivity index (χ1) is 14.6. The van der Waals surface area contributed by atoms with Gasteiger partial charge in [0, 0.05) is 37.0 Å². The molecule has 160 valence electrons. The number of hydrogen-bond acceptors (Lipinski definition) is 5. The minimum absolute atomic E-state index is 0.123. The van der Waals surface area contributed by atoms with Crippen molar-refractivity contribution in [1.29, 1.82) is 0 Å². The largest absolute Gasteiger partial charge is 0.381 e. The predicted octanol–water partition coefficient (Wildman–Crippen LogP) is 3.68. The molecule has 7 heteroatoms. The second-order valence-electron chi connectivity index (χ2n) is 8.21. The van der Waals surface area contributed by atoms with Gasteiger partial charge in [-0.2, -0.15) is 0 Å². The van der Waals surface area contributed by atoms with Crippen LogP contribution < -0.4 is 10.6 Å². The molecule has 1 amide bonds. The number of carbonyl (C=O) groups is 1. The molecule has 2 N–H and O–H groups in total. The van der Waals surface area contributed by atoms with Crippen LogP contribution >= 0.6 is 11.6 Å². The van der Waals surface area contributed by atoms with Gasteiger partial charge in [-0.3, -0.25) is 4.79 Å². The number of benzene rings is 1. The standard InChI is InChI=1S/C23H29ClN4O2/c1-28-13-3-4-19(28)16-26-21-20(5-2-12-25-21)22(29)27-23(10-14-30-15-11-23)17-6-8-18(24)9-7-17/h2,5-9,12,19H,3-4,10-11,13-16H2,1H3,(H,25,26)(H,27,29)/t19-/m1/s1. The van der Waals surface area contributed by atoms with E-state index in [1.165, 1.54) is 6.42 Å². The third-order valence-electron chi connectivity index (χ3n) is 6.32. The van der Waals surface area contributed by atoms with Crippen molar-refractivity contribution in [3.05, 3.63) is 58.7 Å². The molecule has 0 bridgehead atoms. The molecule has 2 aromatic rings. The number of aromatic nitrogens is 1. The van der Waals surface area contributed by atoms with Crippen LogP contribution in [0.3, 0.4) is 0 Å². The van der Waals surface area contributed by atoms with Crippen LogP contribution in [0, 0.1) is 0 Å². The smallest absolute Gasteiger partial charge is 0.255 e. The summed E-state index contributed by atoms with van der Waals surface area (Å²) in [5.74, 6) is 0.510. The Morgan fingerprint density at radius 1 is 1.27 bits per heavy atom. The lowest BCUT2D eigenvalue weighted by molar-refractivity contribution is 0.0345. The number of nitrogens with one attached hydrogen (secondary N) is 2. The summed E-state index contributed by atoms with van der Waals surface area (Å²) in [5.41, 5.74) is 1.14. The lowest BCUT2D eigenvalue weighted by Crippen LogP contribution is -2.49. The normalized spacial score (nSPS) is 21.3. The number of carbonyl (C=O) groups excluding carboxylic acids is 1. The summed E-state index contributed by atoms with van der Waals surface area (Å²) < 4.78 is 5.58. The third-order valence-corrected chi connectivity index (χ3v) is 6.58. The molecule has 0 radical (unpaired) electrons. The van der Waals surface area contributed by atoms with E-state index in [1.807, 2.05) is 30.3 Å². The number of likely N-dealkylation sites (N-methyl/N-ethyl adjacent to an activating group) is 1. The van der Waals surface area contributed by atoms with Crippen LogP contribution in [0.2, 0.25) is 5.02 Å². The Balaban J connectivity index is 1.53. The van der Waals surface area contributed by atoms with Gasteiger partial charge in [-0.15, -0.1) is 0 Å². The van der Waals surface area contributed by atoms with E-state index in [0.717, 1.165) is 37.9 Å². The van der Waals surface area contributed by atoms with Gasteiger partial charge in [-0.1, -0.05) is 23.7 Å². The maximum absolute atomic E-state index is 13.4. The quantitative estimate of drug-likeness (QED) is 0.734. The number of rotatable bonds is 6. The zero-order valence-electron chi connectivity index (χ0n) is 17.4. The minimum Gasteiger partial charge on any atom is -0.381 e. The first-order valence-corrected chi connectivity index (χ1v) is 11.0. The zero-order chi connectivity index (χ0) is 21.0. The SMILES string of the molecule is CN1CCC[C@@H]1CNc1ncccc1C(=O)NC1(c2ccc(Cl)cc2)CCOCC1. The molecule has 30 heavy (non-hydrogen) atoms. The van der Waals surface area contributed by atoms with E-state index in [0.29, 0.717) is 35.7 Å². The number of amides is 1. The molecular weight excluding hydrogens is 400 g/mol.